The molecule has 1 saturated carbocycles. The average molecular weight is 460 g/mol. The molecule has 4 heteroatoms. The van der Waals surface area contributed by atoms with E-state index < -0.39 is 5.41 Å². The first-order valence-corrected chi connectivity index (χ1v) is 13.5. The lowest BCUT2D eigenvalue weighted by Gasteiger charge is -2.52. The van der Waals surface area contributed by atoms with E-state index in [1.54, 1.807) is 0 Å². The quantitative estimate of drug-likeness (QED) is 0.640. The zero-order chi connectivity index (χ0) is 23.7. The molecule has 3 aliphatic rings. The molecule has 2 aromatic rings. The summed E-state index contributed by atoms with van der Waals surface area (Å²) in [5.41, 5.74) is 10.9. The Balaban J connectivity index is 1.62. The van der Waals surface area contributed by atoms with Crippen molar-refractivity contribution in [2.45, 2.75) is 63.8 Å². The molecule has 182 valence electrons. The van der Waals surface area contributed by atoms with E-state index in [4.69, 9.17) is 5.73 Å². The highest BCUT2D eigenvalue weighted by atomic mass is 16.2. The third kappa shape index (κ3) is 4.09. The van der Waals surface area contributed by atoms with Gasteiger partial charge in [0.05, 0.1) is 11.5 Å². The van der Waals surface area contributed by atoms with Crippen molar-refractivity contribution in [3.05, 3.63) is 59.7 Å². The standard InChI is InChI=1S/C30H41N3O/c1-21(2)22-8-10-24(11-9-22)28-26-20-25(23-6-4-3-5-7-23)12-13-27(26)30(14-17-32-18-15-30)29(34)33(28)19-16-31/h3-7,12-13,20-22,24,28,32H,8-11,14-19,31H2,1-2H3. The van der Waals surface area contributed by atoms with Crippen LogP contribution in [-0.2, 0) is 10.2 Å². The van der Waals surface area contributed by atoms with Crippen molar-refractivity contribution in [1.82, 2.24) is 10.2 Å². The number of piperidine rings is 1. The van der Waals surface area contributed by atoms with Crippen LogP contribution in [0, 0.1) is 17.8 Å². The molecular formula is C30H41N3O. The van der Waals surface area contributed by atoms with Crippen molar-refractivity contribution >= 4 is 5.91 Å². The second-order valence-electron chi connectivity index (χ2n) is 11.2. The number of benzene rings is 2. The summed E-state index contributed by atoms with van der Waals surface area (Å²) in [6.07, 6.45) is 6.68. The molecule has 0 radical (unpaired) electrons. The first kappa shape index (κ1) is 23.6. The molecule has 2 fully saturated rings. The predicted molar refractivity (Wildman–Crippen MR) is 139 cm³/mol. The Morgan fingerprint density at radius 1 is 1.00 bits per heavy atom. The van der Waals surface area contributed by atoms with Crippen LogP contribution in [0.1, 0.15) is 69.5 Å². The number of hydrogen-bond donors (Lipinski definition) is 2. The van der Waals surface area contributed by atoms with Gasteiger partial charge in [0, 0.05) is 13.1 Å². The van der Waals surface area contributed by atoms with Crippen LogP contribution < -0.4 is 11.1 Å². The van der Waals surface area contributed by atoms with Gasteiger partial charge in [-0.3, -0.25) is 4.79 Å². The topological polar surface area (TPSA) is 58.4 Å². The fourth-order valence-corrected chi connectivity index (χ4v) is 7.09. The maximum atomic E-state index is 14.3. The van der Waals surface area contributed by atoms with E-state index in [0.29, 0.717) is 24.9 Å². The zero-order valence-corrected chi connectivity index (χ0v) is 20.9. The molecule has 1 atom stereocenters. The van der Waals surface area contributed by atoms with E-state index in [2.05, 4.69) is 72.6 Å². The van der Waals surface area contributed by atoms with Gasteiger partial charge < -0.3 is 16.0 Å². The summed E-state index contributed by atoms with van der Waals surface area (Å²) in [6, 6.07) is 17.8. The second-order valence-corrected chi connectivity index (χ2v) is 11.2. The van der Waals surface area contributed by atoms with Gasteiger partial charge in [-0.2, -0.15) is 0 Å². The number of nitrogens with zero attached hydrogens (tertiary/aromatic N) is 1. The number of hydrogen-bond acceptors (Lipinski definition) is 3. The molecular weight excluding hydrogens is 418 g/mol. The Bertz CT molecular complexity index is 987. The highest BCUT2D eigenvalue weighted by molar-refractivity contribution is 5.92. The van der Waals surface area contributed by atoms with Gasteiger partial charge in [-0.25, -0.2) is 0 Å². The molecule has 3 N–H and O–H groups in total. The van der Waals surface area contributed by atoms with Gasteiger partial charge >= 0.3 is 0 Å². The number of fused-ring (bicyclic) bond motifs is 2. The Labute approximate surface area is 205 Å². The lowest BCUT2D eigenvalue weighted by molar-refractivity contribution is -0.145. The number of carbonyl (C=O) groups is 1. The van der Waals surface area contributed by atoms with Gasteiger partial charge in [0.1, 0.15) is 0 Å². The first-order valence-electron chi connectivity index (χ1n) is 13.5. The van der Waals surface area contributed by atoms with Crippen LogP contribution >= 0.6 is 0 Å². The summed E-state index contributed by atoms with van der Waals surface area (Å²) in [5.74, 6) is 2.39. The lowest BCUT2D eigenvalue weighted by atomic mass is 9.63. The Kier molecular flexibility index (Phi) is 6.81. The van der Waals surface area contributed by atoms with Crippen LogP contribution in [0.2, 0.25) is 0 Å². The van der Waals surface area contributed by atoms with Crippen molar-refractivity contribution in [2.24, 2.45) is 23.5 Å². The van der Waals surface area contributed by atoms with Crippen molar-refractivity contribution in [1.29, 1.82) is 0 Å². The monoisotopic (exact) mass is 459 g/mol. The fraction of sp³-hybridized carbons (Fsp3) is 0.567. The van der Waals surface area contributed by atoms with Crippen molar-refractivity contribution < 1.29 is 4.79 Å². The van der Waals surface area contributed by atoms with Crippen LogP contribution in [-0.4, -0.2) is 37.0 Å². The maximum Gasteiger partial charge on any atom is 0.233 e. The summed E-state index contributed by atoms with van der Waals surface area (Å²) in [5, 5.41) is 3.49. The summed E-state index contributed by atoms with van der Waals surface area (Å²) < 4.78 is 0. The van der Waals surface area contributed by atoms with Crippen LogP contribution in [0.15, 0.2) is 48.5 Å². The molecule has 34 heavy (non-hydrogen) atoms. The van der Waals surface area contributed by atoms with E-state index >= 15 is 0 Å². The van der Waals surface area contributed by atoms with E-state index in [1.165, 1.54) is 47.9 Å². The number of nitrogens with two attached hydrogens (primary N) is 1. The smallest absolute Gasteiger partial charge is 0.233 e. The van der Waals surface area contributed by atoms with Gasteiger partial charge in [-0.05, 0) is 97.7 Å². The van der Waals surface area contributed by atoms with Crippen LogP contribution in [0.5, 0.6) is 0 Å². The summed E-state index contributed by atoms with van der Waals surface area (Å²) in [4.78, 5) is 16.5. The normalized spacial score (nSPS) is 26.6. The molecule has 1 saturated heterocycles. The maximum absolute atomic E-state index is 14.3. The molecule has 0 aromatic heterocycles. The van der Waals surface area contributed by atoms with E-state index in [9.17, 15) is 4.79 Å². The number of carbonyl (C=O) groups excluding carboxylic acids is 1. The van der Waals surface area contributed by atoms with Crippen LogP contribution in [0.25, 0.3) is 11.1 Å². The van der Waals surface area contributed by atoms with Gasteiger partial charge in [0.15, 0.2) is 0 Å². The third-order valence-corrected chi connectivity index (χ3v) is 9.03. The summed E-state index contributed by atoms with van der Waals surface area (Å²) in [7, 11) is 0. The summed E-state index contributed by atoms with van der Waals surface area (Å²) >= 11 is 0. The number of amides is 1. The lowest BCUT2D eigenvalue weighted by Crippen LogP contribution is -2.58. The molecule has 1 unspecified atom stereocenters. The van der Waals surface area contributed by atoms with Gasteiger partial charge in [-0.15, -0.1) is 0 Å². The third-order valence-electron chi connectivity index (χ3n) is 9.03. The molecule has 1 spiro atoms. The minimum atomic E-state index is -0.406. The first-order chi connectivity index (χ1) is 16.5. The Morgan fingerprint density at radius 3 is 2.35 bits per heavy atom. The molecule has 0 bridgehead atoms. The van der Waals surface area contributed by atoms with Crippen molar-refractivity contribution in [3.63, 3.8) is 0 Å². The van der Waals surface area contributed by atoms with Crippen LogP contribution in [0.4, 0.5) is 0 Å². The minimum Gasteiger partial charge on any atom is -0.333 e. The summed E-state index contributed by atoms with van der Waals surface area (Å²) in [6.45, 7) is 7.68. The number of rotatable bonds is 5. The van der Waals surface area contributed by atoms with Gasteiger partial charge in [0.2, 0.25) is 5.91 Å². The van der Waals surface area contributed by atoms with Gasteiger partial charge in [0.25, 0.3) is 0 Å². The SMILES string of the molecule is CC(C)C1CCC(C2c3cc(-c4ccccc4)ccc3C3(CCNCC3)C(=O)N2CCN)CC1. The molecule has 2 aliphatic heterocycles. The zero-order valence-electron chi connectivity index (χ0n) is 20.9. The van der Waals surface area contributed by atoms with Crippen LogP contribution in [0.3, 0.4) is 0 Å². The minimum absolute atomic E-state index is 0.142. The fourth-order valence-electron chi connectivity index (χ4n) is 7.09. The molecule has 4 nitrogen and oxygen atoms in total. The van der Waals surface area contributed by atoms with E-state index in [1.807, 2.05) is 0 Å². The second kappa shape index (κ2) is 9.83. The molecule has 2 heterocycles. The molecule has 1 aliphatic carbocycles. The molecule has 2 aromatic carbocycles. The Hall–Kier alpha value is -2.17. The van der Waals surface area contributed by atoms with E-state index in [0.717, 1.165) is 37.8 Å². The van der Waals surface area contributed by atoms with E-state index in [-0.39, 0.29) is 6.04 Å². The molecule has 5 rings (SSSR count). The Morgan fingerprint density at radius 2 is 1.71 bits per heavy atom. The molecule has 1 amide bonds. The average Bonchev–Trinajstić information content (AvgIpc) is 2.88. The highest BCUT2D eigenvalue weighted by Crippen LogP contribution is 2.51. The predicted octanol–water partition coefficient (Wildman–Crippen LogP) is 5.28. The highest BCUT2D eigenvalue weighted by Gasteiger charge is 2.52. The largest absolute Gasteiger partial charge is 0.333 e. The van der Waals surface area contributed by atoms with Gasteiger partial charge in [-0.1, -0.05) is 56.3 Å². The number of nitrogens with one attached hydrogen (secondary N) is 1. The van der Waals surface area contributed by atoms with Crippen molar-refractivity contribution in [3.8, 4) is 11.1 Å². The van der Waals surface area contributed by atoms with Crippen molar-refractivity contribution in [2.75, 3.05) is 26.2 Å².